The molecule has 2 aromatic rings. The predicted molar refractivity (Wildman–Crippen MR) is 149 cm³/mol. The zero-order valence-corrected chi connectivity index (χ0v) is 22.0. The number of nitrogens with zero attached hydrogens (tertiary/aromatic N) is 2. The van der Waals surface area contributed by atoms with Crippen LogP contribution in [0.2, 0.25) is 0 Å². The summed E-state index contributed by atoms with van der Waals surface area (Å²) in [5.74, 6) is -2.48. The molecule has 204 valence electrons. The molecule has 5 rings (SSSR count). The molecule has 0 radical (unpaired) electrons. The van der Waals surface area contributed by atoms with Crippen LogP contribution < -0.4 is 5.32 Å². The molecule has 2 fully saturated rings. The van der Waals surface area contributed by atoms with Crippen molar-refractivity contribution in [3.63, 3.8) is 0 Å². The second-order valence-electron chi connectivity index (χ2n) is 10.6. The van der Waals surface area contributed by atoms with Crippen molar-refractivity contribution in [3.05, 3.63) is 107 Å². The van der Waals surface area contributed by atoms with Crippen molar-refractivity contribution >= 4 is 11.4 Å². The fourth-order valence-corrected chi connectivity index (χ4v) is 5.63. The number of allylic oxidation sites excluding steroid dienone is 6. The van der Waals surface area contributed by atoms with Crippen molar-refractivity contribution in [2.75, 3.05) is 13.1 Å². The fourth-order valence-electron chi connectivity index (χ4n) is 5.63. The first-order valence-corrected chi connectivity index (χ1v) is 13.7. The molecule has 7 heteroatoms. The number of hydrogen-bond donors (Lipinski definition) is 2. The van der Waals surface area contributed by atoms with Crippen LogP contribution in [0.3, 0.4) is 0 Å². The highest BCUT2D eigenvalue weighted by Crippen LogP contribution is 2.39. The van der Waals surface area contributed by atoms with E-state index < -0.39 is 23.6 Å². The minimum Gasteiger partial charge on any atom is -0.392 e. The maximum Gasteiger partial charge on any atom is 0.162 e. The lowest BCUT2D eigenvalue weighted by Crippen LogP contribution is -2.41. The molecule has 3 aliphatic rings. The Bertz CT molecular complexity index is 1360. The van der Waals surface area contributed by atoms with Gasteiger partial charge in [-0.3, -0.25) is 9.98 Å². The first-order valence-electron chi connectivity index (χ1n) is 13.7. The Kier molecular flexibility index (Phi) is 8.58. The van der Waals surface area contributed by atoms with E-state index in [4.69, 9.17) is 4.99 Å². The van der Waals surface area contributed by atoms with Crippen LogP contribution in [0.15, 0.2) is 77.5 Å². The average Bonchev–Trinajstić information content (AvgIpc) is 2.90. The first-order chi connectivity index (χ1) is 18.9. The molecule has 2 aliphatic heterocycles. The van der Waals surface area contributed by atoms with Crippen LogP contribution >= 0.6 is 0 Å². The second kappa shape index (κ2) is 12.3. The van der Waals surface area contributed by atoms with Gasteiger partial charge in [0, 0.05) is 42.2 Å². The smallest absolute Gasteiger partial charge is 0.162 e. The summed E-state index contributed by atoms with van der Waals surface area (Å²) in [5, 5.41) is 13.9. The van der Waals surface area contributed by atoms with Gasteiger partial charge in [-0.05, 0) is 85.4 Å². The number of aliphatic hydroxyl groups excluding tert-OH is 1. The van der Waals surface area contributed by atoms with Crippen LogP contribution in [0.1, 0.15) is 55.3 Å². The van der Waals surface area contributed by atoms with Crippen molar-refractivity contribution in [1.82, 2.24) is 10.3 Å². The lowest BCUT2D eigenvalue weighted by Gasteiger charge is -2.33. The van der Waals surface area contributed by atoms with Gasteiger partial charge in [-0.25, -0.2) is 13.2 Å². The number of aliphatic hydroxyl groups is 1. The largest absolute Gasteiger partial charge is 0.392 e. The van der Waals surface area contributed by atoms with Crippen LogP contribution in [0.5, 0.6) is 0 Å². The maximum atomic E-state index is 14.3. The Morgan fingerprint density at radius 1 is 1.15 bits per heavy atom. The molecule has 0 amide bonds. The standard InChI is InChI=1S/C32H34F3N3O/c1-2-3-7-26(20-5-4-6-20)27-8-9-29(38-30(27)17-22-10-12-36-19-31(22)39)21-11-13-37-25(15-21)16-23-14-24(33)18-28(34)32(23)35/h2-3,7,9,11,13-15,18,20,22,31,36,39H,1,4-6,8,10,12,16-17,19H2/b7-3-,27-26-/t22-,31?/m0/s1. The van der Waals surface area contributed by atoms with E-state index in [2.05, 4.69) is 29.0 Å². The third-order valence-corrected chi connectivity index (χ3v) is 8.01. The second-order valence-corrected chi connectivity index (χ2v) is 10.6. The summed E-state index contributed by atoms with van der Waals surface area (Å²) in [6.45, 7) is 5.29. The molecule has 1 unspecified atom stereocenters. The molecule has 0 bridgehead atoms. The molecule has 39 heavy (non-hydrogen) atoms. The van der Waals surface area contributed by atoms with Crippen molar-refractivity contribution in [2.24, 2.45) is 16.8 Å². The third-order valence-electron chi connectivity index (χ3n) is 8.01. The minimum atomic E-state index is -1.21. The van der Waals surface area contributed by atoms with Gasteiger partial charge < -0.3 is 10.4 Å². The average molecular weight is 534 g/mol. The minimum absolute atomic E-state index is 0.0389. The number of hydrogen-bond acceptors (Lipinski definition) is 4. The van der Waals surface area contributed by atoms with Crippen molar-refractivity contribution in [1.29, 1.82) is 0 Å². The number of benzene rings is 1. The zero-order valence-electron chi connectivity index (χ0n) is 22.0. The van der Waals surface area contributed by atoms with Gasteiger partial charge in [0.2, 0.25) is 0 Å². The molecular formula is C32H34F3N3O. The molecule has 1 saturated heterocycles. The van der Waals surface area contributed by atoms with Crippen LogP contribution in [-0.2, 0) is 6.42 Å². The van der Waals surface area contributed by atoms with E-state index in [0.29, 0.717) is 37.1 Å². The third kappa shape index (κ3) is 6.31. The summed E-state index contributed by atoms with van der Waals surface area (Å²) in [7, 11) is 0. The monoisotopic (exact) mass is 533 g/mol. The molecule has 0 spiro atoms. The number of rotatable bonds is 8. The van der Waals surface area contributed by atoms with Gasteiger partial charge in [0.05, 0.1) is 11.8 Å². The summed E-state index contributed by atoms with van der Waals surface area (Å²) in [6.07, 6.45) is 15.0. The number of nitrogens with one attached hydrogen (secondary N) is 1. The molecular weight excluding hydrogens is 499 g/mol. The molecule has 4 nitrogen and oxygen atoms in total. The van der Waals surface area contributed by atoms with Gasteiger partial charge in [0.25, 0.3) is 0 Å². The highest BCUT2D eigenvalue weighted by Gasteiger charge is 2.30. The number of β-amino-alcohol motifs (C(OH)–C–C–N with tert-alkyl or cyclic N) is 1. The Morgan fingerprint density at radius 2 is 2.00 bits per heavy atom. The Hall–Kier alpha value is -3.29. The maximum absolute atomic E-state index is 14.3. The van der Waals surface area contributed by atoms with Crippen molar-refractivity contribution in [2.45, 2.75) is 51.0 Å². The molecule has 1 saturated carbocycles. The zero-order chi connectivity index (χ0) is 27.4. The van der Waals surface area contributed by atoms with Crippen LogP contribution in [0.25, 0.3) is 5.70 Å². The summed E-state index contributed by atoms with van der Waals surface area (Å²) in [6, 6.07) is 5.19. The van der Waals surface area contributed by atoms with Crippen molar-refractivity contribution < 1.29 is 18.3 Å². The molecule has 3 heterocycles. The summed E-state index contributed by atoms with van der Waals surface area (Å²) < 4.78 is 41.8. The van der Waals surface area contributed by atoms with E-state index in [1.54, 1.807) is 18.3 Å². The fraction of sp³-hybridized carbons (Fsp3) is 0.375. The van der Waals surface area contributed by atoms with Crippen LogP contribution in [-0.4, -0.2) is 35.0 Å². The van der Waals surface area contributed by atoms with E-state index in [-0.39, 0.29) is 17.9 Å². The van der Waals surface area contributed by atoms with Crippen LogP contribution in [0, 0.1) is 29.3 Å². The molecule has 1 aliphatic carbocycles. The van der Waals surface area contributed by atoms with E-state index >= 15 is 0 Å². The highest BCUT2D eigenvalue weighted by atomic mass is 19.2. The van der Waals surface area contributed by atoms with E-state index in [9.17, 15) is 18.3 Å². The first kappa shape index (κ1) is 27.3. The molecule has 1 aromatic carbocycles. The molecule has 2 N–H and O–H groups in total. The number of halogens is 3. The SMILES string of the molecule is C=C/C=C\C(=C1/CC=C(c2ccnc(Cc3cc(F)cc(F)c3F)c2)N=C1C[C@@H]1CCNCC1O)C1CCC1. The van der Waals surface area contributed by atoms with Gasteiger partial charge in [0.15, 0.2) is 11.6 Å². The van der Waals surface area contributed by atoms with E-state index in [1.165, 1.54) is 17.6 Å². The lowest BCUT2D eigenvalue weighted by molar-refractivity contribution is 0.0856. The number of aromatic nitrogens is 1. The van der Waals surface area contributed by atoms with Gasteiger partial charge in [0.1, 0.15) is 5.82 Å². The van der Waals surface area contributed by atoms with Gasteiger partial charge in [-0.2, -0.15) is 0 Å². The van der Waals surface area contributed by atoms with Crippen LogP contribution in [0.4, 0.5) is 13.2 Å². The summed E-state index contributed by atoms with van der Waals surface area (Å²) >= 11 is 0. The van der Waals surface area contributed by atoms with E-state index in [1.807, 2.05) is 12.1 Å². The normalized spacial score (nSPS) is 23.3. The molecule has 2 atom stereocenters. The summed E-state index contributed by atoms with van der Waals surface area (Å²) in [5.41, 5.74) is 5.53. The molecule has 1 aromatic heterocycles. The van der Waals surface area contributed by atoms with Gasteiger partial charge >= 0.3 is 0 Å². The Morgan fingerprint density at radius 3 is 2.74 bits per heavy atom. The Labute approximate surface area is 227 Å². The Balaban J connectivity index is 1.48. The van der Waals surface area contributed by atoms with Crippen molar-refractivity contribution in [3.8, 4) is 0 Å². The lowest BCUT2D eigenvalue weighted by atomic mass is 9.75. The predicted octanol–water partition coefficient (Wildman–Crippen LogP) is 6.47. The van der Waals surface area contributed by atoms with Gasteiger partial charge in [-0.15, -0.1) is 0 Å². The van der Waals surface area contributed by atoms with Gasteiger partial charge in [-0.1, -0.05) is 37.3 Å². The number of aliphatic imine (C=N–C) groups is 1. The topological polar surface area (TPSA) is 57.5 Å². The number of piperidine rings is 1. The number of pyridine rings is 1. The van der Waals surface area contributed by atoms with E-state index in [0.717, 1.165) is 48.8 Å². The highest BCUT2D eigenvalue weighted by molar-refractivity contribution is 6.06. The quantitative estimate of drug-likeness (QED) is 0.302. The summed E-state index contributed by atoms with van der Waals surface area (Å²) in [4.78, 5) is 9.45.